The molecule has 1 atom stereocenters. The SMILES string of the molecule is CNC(c1ccccc1O)C(F)(Cl)Cl. The van der Waals surface area contributed by atoms with Crippen molar-refractivity contribution in [2.24, 2.45) is 0 Å². The zero-order valence-electron chi connectivity index (χ0n) is 7.47. The summed E-state index contributed by atoms with van der Waals surface area (Å²) in [7, 11) is 1.51. The van der Waals surface area contributed by atoms with Gasteiger partial charge < -0.3 is 10.4 Å². The second kappa shape index (κ2) is 4.34. The average Bonchev–Trinajstić information content (AvgIpc) is 2.07. The van der Waals surface area contributed by atoms with E-state index in [2.05, 4.69) is 5.32 Å². The number of rotatable bonds is 3. The molecule has 1 aromatic carbocycles. The Morgan fingerprint density at radius 1 is 1.43 bits per heavy atom. The van der Waals surface area contributed by atoms with Gasteiger partial charge in [0, 0.05) is 5.56 Å². The van der Waals surface area contributed by atoms with E-state index < -0.39 is 10.6 Å². The normalized spacial score (nSPS) is 14.0. The van der Waals surface area contributed by atoms with E-state index in [1.165, 1.54) is 13.1 Å². The highest BCUT2D eigenvalue weighted by molar-refractivity contribution is 6.47. The predicted molar refractivity (Wildman–Crippen MR) is 55.5 cm³/mol. The number of phenolic OH excluding ortho intramolecular Hbond substituents is 1. The van der Waals surface area contributed by atoms with E-state index in [0.717, 1.165) is 0 Å². The second-order valence-corrected chi connectivity index (χ2v) is 4.12. The minimum Gasteiger partial charge on any atom is -0.508 e. The molecule has 1 rings (SSSR count). The summed E-state index contributed by atoms with van der Waals surface area (Å²) < 4.78 is 10.8. The van der Waals surface area contributed by atoms with Crippen molar-refractivity contribution in [1.82, 2.24) is 5.32 Å². The maximum atomic E-state index is 13.3. The fourth-order valence-electron chi connectivity index (χ4n) is 1.23. The third kappa shape index (κ3) is 2.50. The van der Waals surface area contributed by atoms with Crippen LogP contribution in [0.4, 0.5) is 4.39 Å². The molecular weight excluding hydrogens is 228 g/mol. The lowest BCUT2D eigenvalue weighted by atomic mass is 10.1. The van der Waals surface area contributed by atoms with Crippen molar-refractivity contribution in [1.29, 1.82) is 0 Å². The summed E-state index contributed by atoms with van der Waals surface area (Å²) >= 11 is 10.7. The predicted octanol–water partition coefficient (Wildman–Crippen LogP) is 2.75. The average molecular weight is 238 g/mol. The summed E-state index contributed by atoms with van der Waals surface area (Å²) in [5, 5.41) is 12.1. The van der Waals surface area contributed by atoms with Gasteiger partial charge in [-0.15, -0.1) is 0 Å². The number of benzene rings is 1. The molecule has 0 heterocycles. The number of phenols is 1. The smallest absolute Gasteiger partial charge is 0.276 e. The van der Waals surface area contributed by atoms with E-state index in [-0.39, 0.29) is 5.75 Å². The maximum absolute atomic E-state index is 13.3. The van der Waals surface area contributed by atoms with E-state index in [1.807, 2.05) is 0 Å². The summed E-state index contributed by atoms with van der Waals surface area (Å²) in [6, 6.07) is 5.33. The molecule has 0 aliphatic carbocycles. The van der Waals surface area contributed by atoms with Crippen LogP contribution in [0.3, 0.4) is 0 Å². The molecular formula is C9H10Cl2FNO. The Balaban J connectivity index is 3.08. The molecule has 0 saturated heterocycles. The summed E-state index contributed by atoms with van der Waals surface area (Å²) in [6.45, 7) is 0. The molecule has 0 saturated carbocycles. The van der Waals surface area contributed by atoms with Crippen molar-refractivity contribution in [2.75, 3.05) is 7.05 Å². The van der Waals surface area contributed by atoms with Crippen LogP contribution in [0.5, 0.6) is 5.75 Å². The van der Waals surface area contributed by atoms with Gasteiger partial charge in [-0.05, 0) is 13.1 Å². The van der Waals surface area contributed by atoms with Crippen LogP contribution in [0.1, 0.15) is 11.6 Å². The highest BCUT2D eigenvalue weighted by Crippen LogP contribution is 2.39. The first-order valence-corrected chi connectivity index (χ1v) is 4.74. The van der Waals surface area contributed by atoms with E-state index in [4.69, 9.17) is 23.2 Å². The van der Waals surface area contributed by atoms with Gasteiger partial charge in [0.25, 0.3) is 4.59 Å². The lowest BCUT2D eigenvalue weighted by molar-refractivity contribution is 0.301. The van der Waals surface area contributed by atoms with Gasteiger partial charge in [-0.2, -0.15) is 0 Å². The molecule has 2 N–H and O–H groups in total. The molecule has 0 fully saturated rings. The van der Waals surface area contributed by atoms with Gasteiger partial charge in [-0.3, -0.25) is 0 Å². The fraction of sp³-hybridized carbons (Fsp3) is 0.333. The molecule has 78 valence electrons. The number of halogens is 3. The third-order valence-corrected chi connectivity index (χ3v) is 2.30. The monoisotopic (exact) mass is 237 g/mol. The largest absolute Gasteiger partial charge is 0.508 e. The molecule has 0 bridgehead atoms. The van der Waals surface area contributed by atoms with Crippen LogP contribution in [0, 0.1) is 0 Å². The molecule has 0 radical (unpaired) electrons. The van der Waals surface area contributed by atoms with Crippen LogP contribution in [0.15, 0.2) is 24.3 Å². The van der Waals surface area contributed by atoms with Gasteiger partial charge >= 0.3 is 0 Å². The van der Waals surface area contributed by atoms with Gasteiger partial charge in [0.1, 0.15) is 5.75 Å². The van der Waals surface area contributed by atoms with Crippen LogP contribution < -0.4 is 5.32 Å². The maximum Gasteiger partial charge on any atom is 0.276 e. The Kier molecular flexibility index (Phi) is 3.59. The van der Waals surface area contributed by atoms with Gasteiger partial charge in [-0.25, -0.2) is 4.39 Å². The number of hydrogen-bond acceptors (Lipinski definition) is 2. The van der Waals surface area contributed by atoms with Crippen molar-refractivity contribution in [3.05, 3.63) is 29.8 Å². The molecule has 1 aromatic rings. The molecule has 0 aromatic heterocycles. The zero-order chi connectivity index (χ0) is 10.8. The molecule has 14 heavy (non-hydrogen) atoms. The summed E-state index contributed by atoms with van der Waals surface area (Å²) in [5.41, 5.74) is 0.322. The topological polar surface area (TPSA) is 32.3 Å². The number of hydrogen-bond donors (Lipinski definition) is 2. The van der Waals surface area contributed by atoms with E-state index >= 15 is 0 Å². The molecule has 0 amide bonds. The third-order valence-electron chi connectivity index (χ3n) is 1.86. The summed E-state index contributed by atoms with van der Waals surface area (Å²) in [5.74, 6) is -0.0461. The molecule has 0 aliphatic rings. The van der Waals surface area contributed by atoms with Gasteiger partial charge in [0.15, 0.2) is 0 Å². The van der Waals surface area contributed by atoms with Crippen molar-refractivity contribution in [2.45, 2.75) is 10.6 Å². The fourth-order valence-corrected chi connectivity index (χ4v) is 1.68. The Morgan fingerprint density at radius 2 is 2.00 bits per heavy atom. The summed E-state index contributed by atoms with van der Waals surface area (Å²) in [4.78, 5) is 0. The molecule has 0 spiro atoms. The molecule has 1 unspecified atom stereocenters. The van der Waals surface area contributed by atoms with Crippen LogP contribution >= 0.6 is 23.2 Å². The van der Waals surface area contributed by atoms with E-state index in [0.29, 0.717) is 5.56 Å². The summed E-state index contributed by atoms with van der Waals surface area (Å²) in [6.07, 6.45) is 0. The lowest BCUT2D eigenvalue weighted by Crippen LogP contribution is -2.29. The number of nitrogens with one attached hydrogen (secondary N) is 1. The number of para-hydroxylation sites is 1. The van der Waals surface area contributed by atoms with Gasteiger partial charge in [-0.1, -0.05) is 41.4 Å². The van der Waals surface area contributed by atoms with E-state index in [1.54, 1.807) is 18.2 Å². The van der Waals surface area contributed by atoms with Crippen LogP contribution in [0.25, 0.3) is 0 Å². The Labute approximate surface area is 91.6 Å². The van der Waals surface area contributed by atoms with Crippen molar-refractivity contribution in [3.63, 3.8) is 0 Å². The van der Waals surface area contributed by atoms with E-state index in [9.17, 15) is 9.50 Å². The number of aromatic hydroxyl groups is 1. The first kappa shape index (κ1) is 11.6. The first-order valence-electron chi connectivity index (χ1n) is 3.98. The van der Waals surface area contributed by atoms with Crippen molar-refractivity contribution in [3.8, 4) is 5.75 Å². The van der Waals surface area contributed by atoms with Crippen LogP contribution in [-0.4, -0.2) is 16.7 Å². The van der Waals surface area contributed by atoms with Crippen LogP contribution in [0.2, 0.25) is 0 Å². The Morgan fingerprint density at radius 3 is 2.43 bits per heavy atom. The first-order chi connectivity index (χ1) is 6.46. The minimum atomic E-state index is -2.46. The quantitative estimate of drug-likeness (QED) is 0.793. The highest BCUT2D eigenvalue weighted by atomic mass is 35.5. The number of alkyl halides is 3. The van der Waals surface area contributed by atoms with Crippen molar-refractivity contribution >= 4 is 23.2 Å². The van der Waals surface area contributed by atoms with Gasteiger partial charge in [0.2, 0.25) is 0 Å². The Hall–Kier alpha value is -0.510. The lowest BCUT2D eigenvalue weighted by Gasteiger charge is -2.23. The minimum absolute atomic E-state index is 0.0461. The highest BCUT2D eigenvalue weighted by Gasteiger charge is 2.36. The molecule has 2 nitrogen and oxygen atoms in total. The molecule has 5 heteroatoms. The zero-order valence-corrected chi connectivity index (χ0v) is 8.98. The second-order valence-electron chi connectivity index (χ2n) is 2.82. The van der Waals surface area contributed by atoms with Crippen molar-refractivity contribution < 1.29 is 9.50 Å². The van der Waals surface area contributed by atoms with Gasteiger partial charge in [0.05, 0.1) is 6.04 Å². The Bertz CT molecular complexity index is 314. The standard InChI is InChI=1S/C9H10Cl2FNO/c1-13-8(9(10,11)12)6-4-2-3-5-7(6)14/h2-5,8,13-14H,1H3. The van der Waals surface area contributed by atoms with Crippen LogP contribution in [-0.2, 0) is 0 Å². The molecule has 0 aliphatic heterocycles.